The quantitative estimate of drug-likeness (QED) is 0.767. The molecule has 1 N–H and O–H groups in total. The maximum absolute atomic E-state index is 6.16. The normalized spacial score (nSPS) is 17.5. The second-order valence-corrected chi connectivity index (χ2v) is 7.57. The maximum Gasteiger partial charge on any atom is 0.0949 e. The largest absolute Gasteiger partial charge is 0.372 e. The van der Waals surface area contributed by atoms with Crippen LogP contribution in [0.2, 0.25) is 5.02 Å². The molecule has 2 nitrogen and oxygen atoms in total. The lowest BCUT2D eigenvalue weighted by Gasteiger charge is -2.28. The lowest BCUT2D eigenvalue weighted by atomic mass is 9.83. The third-order valence-electron chi connectivity index (χ3n) is 4.11. The van der Waals surface area contributed by atoms with E-state index in [2.05, 4.69) is 32.2 Å². The van der Waals surface area contributed by atoms with E-state index in [0.29, 0.717) is 0 Å². The number of nitrogens with one attached hydrogen (secondary N) is 1. The average Bonchev–Trinajstić information content (AvgIpc) is 2.34. The minimum Gasteiger partial charge on any atom is -0.372 e. The van der Waals surface area contributed by atoms with Gasteiger partial charge in [-0.15, -0.1) is 0 Å². The first-order valence-corrected chi connectivity index (χ1v) is 8.44. The van der Waals surface area contributed by atoms with Crippen molar-refractivity contribution in [2.45, 2.75) is 58.1 Å². The molecule has 1 atom stereocenters. The van der Waals surface area contributed by atoms with Gasteiger partial charge in [-0.05, 0) is 50.8 Å². The second-order valence-electron chi connectivity index (χ2n) is 7.13. The predicted molar refractivity (Wildman–Crippen MR) is 89.9 cm³/mol. The molecule has 0 bridgehead atoms. The summed E-state index contributed by atoms with van der Waals surface area (Å²) in [5, 5.41) is 4.31. The van der Waals surface area contributed by atoms with E-state index >= 15 is 0 Å². The van der Waals surface area contributed by atoms with Crippen LogP contribution in [0.4, 0.5) is 0 Å². The van der Waals surface area contributed by atoms with E-state index in [1.54, 1.807) is 0 Å². The Morgan fingerprint density at radius 1 is 1.33 bits per heavy atom. The fraction of sp³-hybridized carbons (Fsp3) is 0.667. The van der Waals surface area contributed by atoms with Crippen molar-refractivity contribution < 1.29 is 4.74 Å². The summed E-state index contributed by atoms with van der Waals surface area (Å²) in [4.78, 5) is 0. The molecule has 0 amide bonds. The van der Waals surface area contributed by atoms with Crippen molar-refractivity contribution in [3.05, 3.63) is 34.9 Å². The number of hydrogen-bond acceptors (Lipinski definition) is 2. The fourth-order valence-electron chi connectivity index (χ4n) is 2.54. The zero-order valence-corrected chi connectivity index (χ0v) is 14.2. The topological polar surface area (TPSA) is 21.3 Å². The van der Waals surface area contributed by atoms with Gasteiger partial charge in [0.05, 0.1) is 6.10 Å². The number of halogens is 1. The minimum atomic E-state index is 0.0722. The molecule has 0 radical (unpaired) electrons. The van der Waals surface area contributed by atoms with Gasteiger partial charge in [-0.1, -0.05) is 43.0 Å². The van der Waals surface area contributed by atoms with Gasteiger partial charge in [-0.25, -0.2) is 0 Å². The highest BCUT2D eigenvalue weighted by molar-refractivity contribution is 6.30. The van der Waals surface area contributed by atoms with Crippen molar-refractivity contribution in [3.8, 4) is 0 Å². The highest BCUT2D eigenvalue weighted by Gasteiger charge is 2.20. The van der Waals surface area contributed by atoms with Crippen LogP contribution in [-0.2, 0) is 4.74 Å². The van der Waals surface area contributed by atoms with Crippen molar-refractivity contribution in [2.75, 3.05) is 13.2 Å². The van der Waals surface area contributed by atoms with E-state index < -0.39 is 0 Å². The van der Waals surface area contributed by atoms with Crippen LogP contribution >= 0.6 is 11.6 Å². The van der Waals surface area contributed by atoms with Gasteiger partial charge in [0.25, 0.3) is 0 Å². The Morgan fingerprint density at radius 3 is 2.67 bits per heavy atom. The van der Waals surface area contributed by atoms with Gasteiger partial charge in [-0.2, -0.15) is 0 Å². The molecule has 0 saturated heterocycles. The Balaban J connectivity index is 1.91. The minimum absolute atomic E-state index is 0.0722. The highest BCUT2D eigenvalue weighted by atomic mass is 35.5. The van der Waals surface area contributed by atoms with Crippen LogP contribution in [0, 0.1) is 5.92 Å². The highest BCUT2D eigenvalue weighted by Crippen LogP contribution is 2.30. The standard InChI is InChI=1S/C18H28ClNO/c1-18(2,3)20-13-17(15-8-5-9-16(19)12-15)21-11-10-14-6-4-7-14/h5,8-9,12,14,17,20H,4,6-7,10-11,13H2,1-3H3. The van der Waals surface area contributed by atoms with Crippen molar-refractivity contribution in [1.29, 1.82) is 0 Å². The molecule has 1 unspecified atom stereocenters. The average molecular weight is 310 g/mol. The Morgan fingerprint density at radius 2 is 2.10 bits per heavy atom. The Hall–Kier alpha value is -0.570. The monoisotopic (exact) mass is 309 g/mol. The zero-order valence-electron chi connectivity index (χ0n) is 13.5. The van der Waals surface area contributed by atoms with Crippen LogP contribution in [0.5, 0.6) is 0 Å². The summed E-state index contributed by atoms with van der Waals surface area (Å²) < 4.78 is 6.16. The fourth-order valence-corrected chi connectivity index (χ4v) is 2.74. The summed E-state index contributed by atoms with van der Waals surface area (Å²) in [6.45, 7) is 8.19. The first-order chi connectivity index (χ1) is 9.94. The lowest BCUT2D eigenvalue weighted by Crippen LogP contribution is -2.39. The molecule has 3 heteroatoms. The van der Waals surface area contributed by atoms with E-state index in [1.165, 1.54) is 25.7 Å². The Bertz CT molecular complexity index is 437. The Kier molecular flexibility index (Phi) is 6.09. The van der Waals surface area contributed by atoms with Crippen LogP contribution in [-0.4, -0.2) is 18.7 Å². The van der Waals surface area contributed by atoms with Gasteiger partial charge >= 0.3 is 0 Å². The molecule has 1 aliphatic carbocycles. The third-order valence-corrected chi connectivity index (χ3v) is 4.34. The van der Waals surface area contributed by atoms with Crippen molar-refractivity contribution in [2.24, 2.45) is 5.92 Å². The molecule has 1 aromatic carbocycles. The van der Waals surface area contributed by atoms with E-state index in [4.69, 9.17) is 16.3 Å². The number of benzene rings is 1. The number of rotatable bonds is 7. The summed E-state index contributed by atoms with van der Waals surface area (Å²) in [5.74, 6) is 0.889. The SMILES string of the molecule is CC(C)(C)NCC(OCCC1CCC1)c1cccc(Cl)c1. The van der Waals surface area contributed by atoms with Gasteiger partial charge in [0, 0.05) is 23.7 Å². The molecule has 21 heavy (non-hydrogen) atoms. The molecule has 118 valence electrons. The lowest BCUT2D eigenvalue weighted by molar-refractivity contribution is 0.0336. The van der Waals surface area contributed by atoms with Crippen LogP contribution in [0.25, 0.3) is 0 Å². The summed E-state index contributed by atoms with van der Waals surface area (Å²) in [5.41, 5.74) is 1.25. The summed E-state index contributed by atoms with van der Waals surface area (Å²) in [6.07, 6.45) is 5.42. The first kappa shape index (κ1) is 16.8. The van der Waals surface area contributed by atoms with Gasteiger partial charge < -0.3 is 10.1 Å². The molecule has 1 fully saturated rings. The summed E-state index contributed by atoms with van der Waals surface area (Å²) in [7, 11) is 0. The van der Waals surface area contributed by atoms with Gasteiger partial charge in [0.1, 0.15) is 0 Å². The molecular formula is C18H28ClNO. The molecule has 0 aromatic heterocycles. The zero-order chi connectivity index (χ0) is 15.3. The molecule has 2 rings (SSSR count). The molecule has 0 heterocycles. The van der Waals surface area contributed by atoms with Crippen LogP contribution in [0.15, 0.2) is 24.3 Å². The van der Waals surface area contributed by atoms with Crippen LogP contribution in [0.1, 0.15) is 58.1 Å². The molecule has 0 aliphatic heterocycles. The first-order valence-electron chi connectivity index (χ1n) is 8.06. The summed E-state index contributed by atoms with van der Waals surface area (Å²) in [6, 6.07) is 8.02. The summed E-state index contributed by atoms with van der Waals surface area (Å²) >= 11 is 6.12. The van der Waals surface area contributed by atoms with E-state index in [0.717, 1.165) is 29.7 Å². The molecule has 1 aromatic rings. The van der Waals surface area contributed by atoms with E-state index in [9.17, 15) is 0 Å². The van der Waals surface area contributed by atoms with Crippen molar-refractivity contribution in [3.63, 3.8) is 0 Å². The third kappa shape index (κ3) is 5.98. The molecule has 0 spiro atoms. The van der Waals surface area contributed by atoms with E-state index in [-0.39, 0.29) is 11.6 Å². The molecule has 1 aliphatic rings. The predicted octanol–water partition coefficient (Wildman–Crippen LogP) is 4.98. The van der Waals surface area contributed by atoms with E-state index in [1.807, 2.05) is 18.2 Å². The van der Waals surface area contributed by atoms with Crippen molar-refractivity contribution >= 4 is 11.6 Å². The number of ether oxygens (including phenoxy) is 1. The van der Waals surface area contributed by atoms with Crippen LogP contribution < -0.4 is 5.32 Å². The van der Waals surface area contributed by atoms with Crippen molar-refractivity contribution in [1.82, 2.24) is 5.32 Å². The maximum atomic E-state index is 6.16. The smallest absolute Gasteiger partial charge is 0.0949 e. The van der Waals surface area contributed by atoms with Gasteiger partial charge in [-0.3, -0.25) is 0 Å². The molecular weight excluding hydrogens is 282 g/mol. The van der Waals surface area contributed by atoms with Gasteiger partial charge in [0.2, 0.25) is 0 Å². The van der Waals surface area contributed by atoms with Crippen LogP contribution in [0.3, 0.4) is 0 Å². The Labute approximate surface area is 134 Å². The second kappa shape index (κ2) is 7.62. The number of hydrogen-bond donors (Lipinski definition) is 1. The van der Waals surface area contributed by atoms with Gasteiger partial charge in [0.15, 0.2) is 0 Å². The molecule has 1 saturated carbocycles.